The lowest BCUT2D eigenvalue weighted by Gasteiger charge is -2.22. The summed E-state index contributed by atoms with van der Waals surface area (Å²) in [5, 5.41) is 4.18. The van der Waals surface area contributed by atoms with Crippen molar-refractivity contribution in [1.82, 2.24) is 14.7 Å². The molecule has 6 nitrogen and oxygen atoms in total. The third-order valence-corrected chi connectivity index (χ3v) is 3.49. The molecule has 0 bridgehead atoms. The van der Waals surface area contributed by atoms with Crippen LogP contribution in [0.15, 0.2) is 12.4 Å². The minimum absolute atomic E-state index is 0.0925. The first kappa shape index (κ1) is 15.5. The zero-order chi connectivity index (χ0) is 15.2. The van der Waals surface area contributed by atoms with Crippen molar-refractivity contribution in [3.8, 4) is 0 Å². The Morgan fingerprint density at radius 2 is 2.19 bits per heavy atom. The van der Waals surface area contributed by atoms with Gasteiger partial charge in [-0.3, -0.25) is 14.3 Å². The van der Waals surface area contributed by atoms with Crippen LogP contribution in [0.4, 0.5) is 0 Å². The fraction of sp³-hybridized carbons (Fsp3) is 0.667. The molecule has 0 aliphatic heterocycles. The molecule has 0 N–H and O–H groups in total. The minimum Gasteiger partial charge on any atom is -0.466 e. The van der Waals surface area contributed by atoms with Crippen molar-refractivity contribution in [3.63, 3.8) is 0 Å². The number of carbonyl (C=O) groups is 2. The fourth-order valence-corrected chi connectivity index (χ4v) is 2.29. The van der Waals surface area contributed by atoms with Crippen molar-refractivity contribution in [3.05, 3.63) is 18.0 Å². The zero-order valence-electron chi connectivity index (χ0n) is 12.7. The smallest absolute Gasteiger partial charge is 0.307 e. The molecule has 116 valence electrons. The van der Waals surface area contributed by atoms with Crippen LogP contribution in [0.5, 0.6) is 0 Å². The number of hydrogen-bond donors (Lipinski definition) is 0. The summed E-state index contributed by atoms with van der Waals surface area (Å²) >= 11 is 0. The Morgan fingerprint density at radius 3 is 2.76 bits per heavy atom. The molecule has 0 unspecified atom stereocenters. The number of rotatable bonds is 8. The van der Waals surface area contributed by atoms with E-state index in [1.807, 2.05) is 18.0 Å². The van der Waals surface area contributed by atoms with Crippen molar-refractivity contribution in [2.75, 3.05) is 13.2 Å². The molecule has 0 aromatic carbocycles. The molecule has 1 heterocycles. The maximum Gasteiger partial charge on any atom is 0.307 e. The fourth-order valence-electron chi connectivity index (χ4n) is 2.29. The Morgan fingerprint density at radius 1 is 1.43 bits per heavy atom. The molecule has 0 atom stereocenters. The molecule has 2 rings (SSSR count). The van der Waals surface area contributed by atoms with E-state index in [1.54, 1.807) is 17.8 Å². The van der Waals surface area contributed by atoms with Gasteiger partial charge in [0.05, 0.1) is 19.2 Å². The first-order valence-electron chi connectivity index (χ1n) is 7.54. The molecule has 0 radical (unpaired) electrons. The van der Waals surface area contributed by atoms with Crippen LogP contribution >= 0.6 is 0 Å². The van der Waals surface area contributed by atoms with Gasteiger partial charge in [-0.05, 0) is 32.3 Å². The number of hydrogen-bond acceptors (Lipinski definition) is 4. The van der Waals surface area contributed by atoms with Gasteiger partial charge in [0.1, 0.15) is 0 Å². The summed E-state index contributed by atoms with van der Waals surface area (Å²) < 4.78 is 6.69. The van der Waals surface area contributed by atoms with Gasteiger partial charge in [0.15, 0.2) is 0 Å². The highest BCUT2D eigenvalue weighted by Gasteiger charge is 2.32. The molecule has 1 saturated carbocycles. The molecule has 21 heavy (non-hydrogen) atoms. The van der Waals surface area contributed by atoms with E-state index in [0.29, 0.717) is 32.2 Å². The number of aryl methyl sites for hydroxylation is 2. The van der Waals surface area contributed by atoms with E-state index in [4.69, 9.17) is 4.74 Å². The lowest BCUT2D eigenvalue weighted by atomic mass is 10.3. The van der Waals surface area contributed by atoms with Gasteiger partial charge in [0, 0.05) is 31.7 Å². The van der Waals surface area contributed by atoms with Gasteiger partial charge in [0.2, 0.25) is 5.91 Å². The number of nitrogens with zero attached hydrogens (tertiary/aromatic N) is 3. The normalized spacial score (nSPS) is 14.0. The Labute approximate surface area is 125 Å². The topological polar surface area (TPSA) is 64.4 Å². The van der Waals surface area contributed by atoms with Gasteiger partial charge < -0.3 is 9.64 Å². The summed E-state index contributed by atoms with van der Waals surface area (Å²) in [5.41, 5.74) is 1.09. The molecule has 0 spiro atoms. The number of ether oxygens (including phenoxy) is 1. The summed E-state index contributed by atoms with van der Waals surface area (Å²) in [6.45, 7) is 5.18. The maximum atomic E-state index is 12.3. The van der Waals surface area contributed by atoms with E-state index in [-0.39, 0.29) is 18.3 Å². The van der Waals surface area contributed by atoms with E-state index in [0.717, 1.165) is 18.4 Å². The number of esters is 1. The van der Waals surface area contributed by atoms with Crippen LogP contribution in [-0.2, 0) is 20.9 Å². The van der Waals surface area contributed by atoms with Crippen molar-refractivity contribution in [2.24, 2.45) is 0 Å². The molecule has 1 aliphatic rings. The van der Waals surface area contributed by atoms with Gasteiger partial charge in [-0.2, -0.15) is 5.10 Å². The van der Waals surface area contributed by atoms with Crippen LogP contribution in [0.25, 0.3) is 0 Å². The number of aromatic nitrogens is 2. The predicted molar refractivity (Wildman–Crippen MR) is 77.6 cm³/mol. The quantitative estimate of drug-likeness (QED) is 0.682. The van der Waals surface area contributed by atoms with Crippen LogP contribution in [0.3, 0.4) is 0 Å². The van der Waals surface area contributed by atoms with Gasteiger partial charge in [-0.1, -0.05) is 0 Å². The van der Waals surface area contributed by atoms with Crippen molar-refractivity contribution >= 4 is 11.9 Å². The van der Waals surface area contributed by atoms with Crippen molar-refractivity contribution in [1.29, 1.82) is 0 Å². The molecule has 1 fully saturated rings. The second kappa shape index (κ2) is 7.24. The SMILES string of the molecule is CCOC(=O)CCN(C(=O)CCn1cc(C)cn1)C1CC1. The Balaban J connectivity index is 1.80. The molecule has 6 heteroatoms. The Bertz CT molecular complexity index is 494. The summed E-state index contributed by atoms with van der Waals surface area (Å²) in [4.78, 5) is 25.6. The molecule has 1 aromatic heterocycles. The van der Waals surface area contributed by atoms with E-state index < -0.39 is 0 Å². The lowest BCUT2D eigenvalue weighted by molar-refractivity contribution is -0.144. The summed E-state index contributed by atoms with van der Waals surface area (Å²) in [5.74, 6) is -0.145. The number of carbonyl (C=O) groups excluding carboxylic acids is 2. The van der Waals surface area contributed by atoms with E-state index in [1.165, 1.54) is 0 Å². The maximum absolute atomic E-state index is 12.3. The molecule has 1 aromatic rings. The third kappa shape index (κ3) is 4.88. The molecular weight excluding hydrogens is 270 g/mol. The van der Waals surface area contributed by atoms with Gasteiger partial charge in [-0.15, -0.1) is 0 Å². The third-order valence-electron chi connectivity index (χ3n) is 3.49. The summed E-state index contributed by atoms with van der Waals surface area (Å²) in [7, 11) is 0. The molecule has 1 amide bonds. The average Bonchev–Trinajstić information content (AvgIpc) is 3.19. The van der Waals surface area contributed by atoms with Crippen LogP contribution in [-0.4, -0.2) is 45.8 Å². The highest BCUT2D eigenvalue weighted by atomic mass is 16.5. The summed E-state index contributed by atoms with van der Waals surface area (Å²) in [6, 6.07) is 0.311. The lowest BCUT2D eigenvalue weighted by Crippen LogP contribution is -2.35. The largest absolute Gasteiger partial charge is 0.466 e. The van der Waals surface area contributed by atoms with Crippen molar-refractivity contribution < 1.29 is 14.3 Å². The van der Waals surface area contributed by atoms with E-state index in [9.17, 15) is 9.59 Å². The molecule has 0 saturated heterocycles. The predicted octanol–water partition coefficient (Wildman–Crippen LogP) is 1.53. The monoisotopic (exact) mass is 293 g/mol. The van der Waals surface area contributed by atoms with Gasteiger partial charge in [0.25, 0.3) is 0 Å². The van der Waals surface area contributed by atoms with E-state index in [2.05, 4.69) is 5.10 Å². The van der Waals surface area contributed by atoms with Crippen LogP contribution in [0, 0.1) is 6.92 Å². The molecule has 1 aliphatic carbocycles. The van der Waals surface area contributed by atoms with Gasteiger partial charge in [-0.25, -0.2) is 0 Å². The highest BCUT2D eigenvalue weighted by molar-refractivity contribution is 5.78. The van der Waals surface area contributed by atoms with E-state index >= 15 is 0 Å². The number of amides is 1. The first-order valence-corrected chi connectivity index (χ1v) is 7.54. The summed E-state index contributed by atoms with van der Waals surface area (Å²) in [6.07, 6.45) is 6.47. The highest BCUT2D eigenvalue weighted by Crippen LogP contribution is 2.27. The first-order chi connectivity index (χ1) is 10.1. The van der Waals surface area contributed by atoms with Crippen LogP contribution < -0.4 is 0 Å². The second-order valence-electron chi connectivity index (χ2n) is 5.40. The zero-order valence-corrected chi connectivity index (χ0v) is 12.7. The van der Waals surface area contributed by atoms with Gasteiger partial charge >= 0.3 is 5.97 Å². The second-order valence-corrected chi connectivity index (χ2v) is 5.40. The van der Waals surface area contributed by atoms with Crippen LogP contribution in [0.2, 0.25) is 0 Å². The Kier molecular flexibility index (Phi) is 5.36. The minimum atomic E-state index is -0.237. The van der Waals surface area contributed by atoms with Crippen LogP contribution in [0.1, 0.15) is 38.2 Å². The van der Waals surface area contributed by atoms with Crippen molar-refractivity contribution in [2.45, 2.75) is 52.1 Å². The molecular formula is C15H23N3O3. The standard InChI is InChI=1S/C15H23N3O3/c1-3-21-15(20)7-9-18(13-4-5-13)14(19)6-8-17-11-12(2)10-16-17/h10-11,13H,3-9H2,1-2H3. The Hall–Kier alpha value is -1.85. The average molecular weight is 293 g/mol.